The van der Waals surface area contributed by atoms with Gasteiger partial charge < -0.3 is 0 Å². The lowest BCUT2D eigenvalue weighted by Crippen LogP contribution is -2.15. The Morgan fingerprint density at radius 2 is 1.38 bits per heavy atom. The molecule has 26 heavy (non-hydrogen) atoms. The van der Waals surface area contributed by atoms with Gasteiger partial charge in [0.05, 0.1) is 0 Å². The number of fused-ring (bicyclic) bond motifs is 1. The minimum Gasteiger partial charge on any atom is -0.0613 e. The summed E-state index contributed by atoms with van der Waals surface area (Å²) >= 11 is 0. The summed E-state index contributed by atoms with van der Waals surface area (Å²) in [5.41, 5.74) is 9.57. The Morgan fingerprint density at radius 3 is 2.04 bits per heavy atom. The summed E-state index contributed by atoms with van der Waals surface area (Å²) in [5.74, 6) is 0.499. The van der Waals surface area contributed by atoms with Gasteiger partial charge >= 0.3 is 0 Å². The smallest absolute Gasteiger partial charge is 0.00945 e. The molecule has 2 aromatic carbocycles. The molecule has 0 nitrogen and oxygen atoms in total. The van der Waals surface area contributed by atoms with E-state index in [1.165, 1.54) is 54.4 Å². The van der Waals surface area contributed by atoms with E-state index in [1.807, 2.05) is 0 Å². The van der Waals surface area contributed by atoms with Crippen molar-refractivity contribution in [3.05, 3.63) is 69.8 Å². The molecule has 2 aromatic rings. The monoisotopic (exact) mass is 348 g/mol. The van der Waals surface area contributed by atoms with Crippen molar-refractivity contribution in [2.75, 3.05) is 0 Å². The first-order valence-corrected chi connectivity index (χ1v) is 10.6. The summed E-state index contributed by atoms with van der Waals surface area (Å²) in [6.45, 7) is 11.7. The molecule has 0 radical (unpaired) electrons. The SMILES string of the molecule is CCc1ccc(C(CC(C)(C)C)c2ccc3c(c2)CCCC3)cc1CC. The highest BCUT2D eigenvalue weighted by Gasteiger charge is 2.23. The summed E-state index contributed by atoms with van der Waals surface area (Å²) in [6, 6.07) is 14.6. The molecule has 0 bridgehead atoms. The largest absolute Gasteiger partial charge is 0.0613 e. The van der Waals surface area contributed by atoms with Crippen molar-refractivity contribution in [2.45, 2.75) is 85.5 Å². The van der Waals surface area contributed by atoms with Crippen LogP contribution in [0, 0.1) is 5.41 Å². The van der Waals surface area contributed by atoms with Crippen LogP contribution in [-0.4, -0.2) is 0 Å². The Bertz CT molecular complexity index is 706. The standard InChI is InChI=1S/C26H36/c1-6-19-12-14-23(16-20(19)7-2)25(18-26(3,4)5)24-15-13-21-10-8-9-11-22(21)17-24/h12-17,25H,6-11,18H2,1-5H3. The van der Waals surface area contributed by atoms with Crippen molar-refractivity contribution in [1.82, 2.24) is 0 Å². The summed E-state index contributed by atoms with van der Waals surface area (Å²) in [6.07, 6.45) is 8.70. The summed E-state index contributed by atoms with van der Waals surface area (Å²) in [5, 5.41) is 0. The van der Waals surface area contributed by atoms with E-state index in [4.69, 9.17) is 0 Å². The third kappa shape index (κ3) is 4.40. The molecule has 0 aromatic heterocycles. The van der Waals surface area contributed by atoms with Crippen molar-refractivity contribution in [3.63, 3.8) is 0 Å². The van der Waals surface area contributed by atoms with E-state index in [0.717, 1.165) is 12.8 Å². The van der Waals surface area contributed by atoms with Gasteiger partial charge in [-0.05, 0) is 83.7 Å². The molecular formula is C26H36. The van der Waals surface area contributed by atoms with Gasteiger partial charge in [0, 0.05) is 5.92 Å². The van der Waals surface area contributed by atoms with Gasteiger partial charge in [-0.2, -0.15) is 0 Å². The molecule has 0 spiro atoms. The average Bonchev–Trinajstić information content (AvgIpc) is 2.64. The number of benzene rings is 2. The van der Waals surface area contributed by atoms with Crippen molar-refractivity contribution in [3.8, 4) is 0 Å². The molecule has 140 valence electrons. The van der Waals surface area contributed by atoms with Crippen LogP contribution in [0.1, 0.15) is 93.2 Å². The molecular weight excluding hydrogens is 312 g/mol. The van der Waals surface area contributed by atoms with Crippen LogP contribution < -0.4 is 0 Å². The second-order valence-electron chi connectivity index (χ2n) is 9.29. The topological polar surface area (TPSA) is 0 Å². The molecule has 0 N–H and O–H groups in total. The summed E-state index contributed by atoms with van der Waals surface area (Å²) in [4.78, 5) is 0. The van der Waals surface area contributed by atoms with E-state index in [1.54, 1.807) is 11.1 Å². The van der Waals surface area contributed by atoms with Crippen LogP contribution in [0.25, 0.3) is 0 Å². The normalized spacial score (nSPS) is 15.6. The van der Waals surface area contributed by atoms with Crippen molar-refractivity contribution < 1.29 is 0 Å². The van der Waals surface area contributed by atoms with Gasteiger partial charge in [0.15, 0.2) is 0 Å². The molecule has 0 saturated carbocycles. The fourth-order valence-corrected chi connectivity index (χ4v) is 4.55. The van der Waals surface area contributed by atoms with Crippen molar-refractivity contribution >= 4 is 0 Å². The second kappa shape index (κ2) is 7.99. The van der Waals surface area contributed by atoms with Crippen LogP contribution >= 0.6 is 0 Å². The Hall–Kier alpha value is -1.56. The fourth-order valence-electron chi connectivity index (χ4n) is 4.55. The van der Waals surface area contributed by atoms with Crippen molar-refractivity contribution in [1.29, 1.82) is 0 Å². The number of hydrogen-bond acceptors (Lipinski definition) is 0. The maximum atomic E-state index is 2.53. The molecule has 0 heterocycles. The van der Waals surface area contributed by atoms with Crippen LogP contribution in [0.5, 0.6) is 0 Å². The van der Waals surface area contributed by atoms with Crippen molar-refractivity contribution in [2.24, 2.45) is 5.41 Å². The van der Waals surface area contributed by atoms with Gasteiger partial charge in [-0.25, -0.2) is 0 Å². The van der Waals surface area contributed by atoms with E-state index >= 15 is 0 Å². The van der Waals surface area contributed by atoms with E-state index in [9.17, 15) is 0 Å². The first-order chi connectivity index (χ1) is 12.4. The van der Waals surface area contributed by atoms with Gasteiger partial charge in [-0.1, -0.05) is 71.0 Å². The molecule has 1 aliphatic rings. The average molecular weight is 349 g/mol. The minimum absolute atomic E-state index is 0.316. The van der Waals surface area contributed by atoms with Crippen LogP contribution in [0.2, 0.25) is 0 Å². The highest BCUT2D eigenvalue weighted by molar-refractivity contribution is 5.42. The second-order valence-corrected chi connectivity index (χ2v) is 9.29. The number of hydrogen-bond donors (Lipinski definition) is 0. The predicted molar refractivity (Wildman–Crippen MR) is 114 cm³/mol. The lowest BCUT2D eigenvalue weighted by atomic mass is 9.76. The van der Waals surface area contributed by atoms with Crippen LogP contribution in [0.3, 0.4) is 0 Å². The zero-order chi connectivity index (χ0) is 18.7. The molecule has 1 aliphatic carbocycles. The Morgan fingerprint density at radius 1 is 0.769 bits per heavy atom. The minimum atomic E-state index is 0.316. The lowest BCUT2D eigenvalue weighted by Gasteiger charge is -2.29. The molecule has 0 aliphatic heterocycles. The Balaban J connectivity index is 2.03. The van der Waals surface area contributed by atoms with Gasteiger partial charge in [-0.3, -0.25) is 0 Å². The molecule has 0 fully saturated rings. The van der Waals surface area contributed by atoms with Gasteiger partial charge in [0.2, 0.25) is 0 Å². The van der Waals surface area contributed by atoms with Gasteiger partial charge in [0.1, 0.15) is 0 Å². The molecule has 3 rings (SSSR count). The number of aryl methyl sites for hydroxylation is 4. The Labute approximate surface area is 161 Å². The molecule has 0 amide bonds. The molecule has 0 heteroatoms. The van der Waals surface area contributed by atoms with E-state index in [0.29, 0.717) is 11.3 Å². The van der Waals surface area contributed by atoms with Gasteiger partial charge in [0.25, 0.3) is 0 Å². The van der Waals surface area contributed by atoms with E-state index in [-0.39, 0.29) is 0 Å². The van der Waals surface area contributed by atoms with Crippen LogP contribution in [0.15, 0.2) is 36.4 Å². The van der Waals surface area contributed by atoms with E-state index in [2.05, 4.69) is 71.0 Å². The number of rotatable bonds is 5. The first-order valence-electron chi connectivity index (χ1n) is 10.6. The quantitative estimate of drug-likeness (QED) is 0.533. The zero-order valence-electron chi connectivity index (χ0n) is 17.5. The molecule has 0 saturated heterocycles. The molecule has 1 atom stereocenters. The lowest BCUT2D eigenvalue weighted by molar-refractivity contribution is 0.357. The third-order valence-electron chi connectivity index (χ3n) is 5.99. The fraction of sp³-hybridized carbons (Fsp3) is 0.538. The maximum absolute atomic E-state index is 2.53. The molecule has 1 unspecified atom stereocenters. The summed E-state index contributed by atoms with van der Waals surface area (Å²) in [7, 11) is 0. The van der Waals surface area contributed by atoms with Crippen LogP contribution in [0.4, 0.5) is 0 Å². The van der Waals surface area contributed by atoms with E-state index < -0.39 is 0 Å². The predicted octanol–water partition coefficient (Wildman–Crippen LogP) is 7.26. The maximum Gasteiger partial charge on any atom is 0.00945 e. The highest BCUT2D eigenvalue weighted by Crippen LogP contribution is 2.38. The highest BCUT2D eigenvalue weighted by atomic mass is 14.3. The van der Waals surface area contributed by atoms with Gasteiger partial charge in [-0.15, -0.1) is 0 Å². The summed E-state index contributed by atoms with van der Waals surface area (Å²) < 4.78 is 0. The Kier molecular flexibility index (Phi) is 5.90. The third-order valence-corrected chi connectivity index (χ3v) is 5.99. The zero-order valence-corrected chi connectivity index (χ0v) is 17.5. The van der Waals surface area contributed by atoms with Crippen LogP contribution in [-0.2, 0) is 25.7 Å². The first kappa shape index (κ1) is 19.2.